The molecule has 0 saturated carbocycles. The van der Waals surface area contributed by atoms with E-state index in [-0.39, 0.29) is 5.54 Å². The van der Waals surface area contributed by atoms with Gasteiger partial charge >= 0.3 is 0 Å². The fourth-order valence-electron chi connectivity index (χ4n) is 3.07. The first-order chi connectivity index (χ1) is 8.60. The van der Waals surface area contributed by atoms with Crippen LogP contribution in [-0.4, -0.2) is 42.8 Å². The Hall–Kier alpha value is -0.120. The van der Waals surface area contributed by atoms with E-state index in [4.69, 9.17) is 10.5 Å². The molecule has 0 spiro atoms. The van der Waals surface area contributed by atoms with Gasteiger partial charge in [-0.05, 0) is 39.7 Å². The molecule has 3 atom stereocenters. The van der Waals surface area contributed by atoms with Gasteiger partial charge in [0.1, 0.15) is 0 Å². The van der Waals surface area contributed by atoms with Crippen molar-refractivity contribution in [3.05, 3.63) is 0 Å². The molecular weight excluding hydrogens is 224 g/mol. The first-order valence-electron chi connectivity index (χ1n) is 7.64. The first-order valence-corrected chi connectivity index (χ1v) is 7.64. The fourth-order valence-corrected chi connectivity index (χ4v) is 3.07. The van der Waals surface area contributed by atoms with E-state index >= 15 is 0 Å². The SMILES string of the molecule is CCCCN(C(C)CC)C(C)(CN)C1CCOC1. The molecule has 0 bridgehead atoms. The highest BCUT2D eigenvalue weighted by molar-refractivity contribution is 4.97. The highest BCUT2D eigenvalue weighted by Crippen LogP contribution is 2.33. The predicted octanol–water partition coefficient (Wildman–Crippen LogP) is 2.64. The summed E-state index contributed by atoms with van der Waals surface area (Å²) in [7, 11) is 0. The maximum atomic E-state index is 6.15. The summed E-state index contributed by atoms with van der Waals surface area (Å²) in [6.45, 7) is 12.9. The predicted molar refractivity (Wildman–Crippen MR) is 77.8 cm³/mol. The number of ether oxygens (including phenoxy) is 1. The van der Waals surface area contributed by atoms with Gasteiger partial charge in [-0.3, -0.25) is 4.90 Å². The number of nitrogens with two attached hydrogens (primary N) is 1. The zero-order chi connectivity index (χ0) is 13.6. The third kappa shape index (κ3) is 3.46. The van der Waals surface area contributed by atoms with Crippen molar-refractivity contribution >= 4 is 0 Å². The molecular formula is C15H32N2O. The lowest BCUT2D eigenvalue weighted by Crippen LogP contribution is -2.59. The molecule has 1 aliphatic heterocycles. The van der Waals surface area contributed by atoms with Crippen LogP contribution in [0.5, 0.6) is 0 Å². The molecule has 0 aliphatic carbocycles. The Morgan fingerprint density at radius 1 is 1.44 bits per heavy atom. The van der Waals surface area contributed by atoms with E-state index in [1.165, 1.54) is 19.3 Å². The van der Waals surface area contributed by atoms with Crippen molar-refractivity contribution in [1.29, 1.82) is 0 Å². The average molecular weight is 256 g/mol. The number of hydrogen-bond acceptors (Lipinski definition) is 3. The maximum absolute atomic E-state index is 6.15. The van der Waals surface area contributed by atoms with Crippen LogP contribution in [0.2, 0.25) is 0 Å². The lowest BCUT2D eigenvalue weighted by molar-refractivity contribution is 0.0134. The molecule has 1 saturated heterocycles. The van der Waals surface area contributed by atoms with Crippen LogP contribution in [0.1, 0.15) is 53.4 Å². The van der Waals surface area contributed by atoms with Gasteiger partial charge in [0, 0.05) is 30.7 Å². The second-order valence-electron chi connectivity index (χ2n) is 5.93. The minimum Gasteiger partial charge on any atom is -0.381 e. The quantitative estimate of drug-likeness (QED) is 0.725. The molecule has 2 N–H and O–H groups in total. The minimum atomic E-state index is 0.0983. The number of rotatable bonds is 8. The zero-order valence-electron chi connectivity index (χ0n) is 12.7. The second kappa shape index (κ2) is 7.46. The van der Waals surface area contributed by atoms with Gasteiger partial charge in [-0.25, -0.2) is 0 Å². The Balaban J connectivity index is 2.82. The van der Waals surface area contributed by atoms with Crippen LogP contribution < -0.4 is 5.73 Å². The van der Waals surface area contributed by atoms with Gasteiger partial charge in [0.15, 0.2) is 0 Å². The van der Waals surface area contributed by atoms with E-state index in [9.17, 15) is 0 Å². The summed E-state index contributed by atoms with van der Waals surface area (Å²) in [5.74, 6) is 0.591. The summed E-state index contributed by atoms with van der Waals surface area (Å²) in [6, 6.07) is 0.602. The van der Waals surface area contributed by atoms with Gasteiger partial charge in [0.2, 0.25) is 0 Å². The molecule has 0 amide bonds. The van der Waals surface area contributed by atoms with E-state index in [0.29, 0.717) is 12.0 Å². The van der Waals surface area contributed by atoms with Gasteiger partial charge in [0.25, 0.3) is 0 Å². The van der Waals surface area contributed by atoms with Crippen LogP contribution in [0.3, 0.4) is 0 Å². The maximum Gasteiger partial charge on any atom is 0.0513 e. The second-order valence-corrected chi connectivity index (χ2v) is 5.93. The minimum absolute atomic E-state index is 0.0983. The topological polar surface area (TPSA) is 38.5 Å². The molecule has 1 aliphatic rings. The molecule has 3 unspecified atom stereocenters. The fraction of sp³-hybridized carbons (Fsp3) is 1.00. The van der Waals surface area contributed by atoms with E-state index in [1.54, 1.807) is 0 Å². The van der Waals surface area contributed by atoms with E-state index in [2.05, 4.69) is 32.6 Å². The number of nitrogens with zero attached hydrogens (tertiary/aromatic N) is 1. The summed E-state index contributed by atoms with van der Waals surface area (Å²) in [4.78, 5) is 2.65. The number of unbranched alkanes of at least 4 members (excludes halogenated alkanes) is 1. The Labute approximate surface area is 113 Å². The normalized spacial score (nSPS) is 25.3. The molecule has 108 valence electrons. The third-order valence-electron chi connectivity index (χ3n) is 4.75. The monoisotopic (exact) mass is 256 g/mol. The van der Waals surface area contributed by atoms with Crippen LogP contribution in [-0.2, 0) is 4.74 Å². The van der Waals surface area contributed by atoms with Crippen LogP contribution >= 0.6 is 0 Å². The molecule has 1 rings (SSSR count). The van der Waals surface area contributed by atoms with Crippen molar-refractivity contribution in [3.63, 3.8) is 0 Å². The third-order valence-corrected chi connectivity index (χ3v) is 4.75. The Morgan fingerprint density at radius 2 is 2.17 bits per heavy atom. The van der Waals surface area contributed by atoms with Crippen molar-refractivity contribution < 1.29 is 4.74 Å². The summed E-state index contributed by atoms with van der Waals surface area (Å²) < 4.78 is 5.59. The van der Waals surface area contributed by atoms with Crippen molar-refractivity contribution in [2.75, 3.05) is 26.3 Å². The zero-order valence-corrected chi connectivity index (χ0v) is 12.7. The molecule has 0 aromatic rings. The van der Waals surface area contributed by atoms with Crippen molar-refractivity contribution in [3.8, 4) is 0 Å². The lowest BCUT2D eigenvalue weighted by atomic mass is 9.82. The van der Waals surface area contributed by atoms with Crippen molar-refractivity contribution in [2.24, 2.45) is 11.7 Å². The van der Waals surface area contributed by atoms with Gasteiger partial charge < -0.3 is 10.5 Å². The molecule has 0 aromatic heterocycles. The standard InChI is InChI=1S/C15H32N2O/c1-5-7-9-17(13(3)6-2)15(4,12-16)14-8-10-18-11-14/h13-14H,5-12,16H2,1-4H3. The van der Waals surface area contributed by atoms with Crippen LogP contribution in [0, 0.1) is 5.92 Å². The Morgan fingerprint density at radius 3 is 2.61 bits per heavy atom. The largest absolute Gasteiger partial charge is 0.381 e. The summed E-state index contributed by atoms with van der Waals surface area (Å²) in [6.07, 6.45) is 4.85. The Kier molecular flexibility index (Phi) is 6.61. The first kappa shape index (κ1) is 15.9. The Bertz CT molecular complexity index is 229. The van der Waals surface area contributed by atoms with E-state index in [1.807, 2.05) is 0 Å². The van der Waals surface area contributed by atoms with Crippen LogP contribution in [0.15, 0.2) is 0 Å². The summed E-state index contributed by atoms with van der Waals surface area (Å²) >= 11 is 0. The molecule has 3 heteroatoms. The van der Waals surface area contributed by atoms with Gasteiger partial charge in [0.05, 0.1) is 6.61 Å². The molecule has 18 heavy (non-hydrogen) atoms. The number of hydrogen-bond donors (Lipinski definition) is 1. The molecule has 1 fully saturated rings. The molecule has 0 radical (unpaired) electrons. The summed E-state index contributed by atoms with van der Waals surface area (Å²) in [5.41, 5.74) is 6.25. The van der Waals surface area contributed by atoms with Gasteiger partial charge in [-0.15, -0.1) is 0 Å². The molecule has 0 aromatic carbocycles. The smallest absolute Gasteiger partial charge is 0.0513 e. The van der Waals surface area contributed by atoms with Crippen LogP contribution in [0.4, 0.5) is 0 Å². The summed E-state index contributed by atoms with van der Waals surface area (Å²) in [5, 5.41) is 0. The van der Waals surface area contributed by atoms with E-state index < -0.39 is 0 Å². The van der Waals surface area contributed by atoms with E-state index in [0.717, 1.165) is 32.7 Å². The van der Waals surface area contributed by atoms with Gasteiger partial charge in [-0.1, -0.05) is 20.3 Å². The average Bonchev–Trinajstić information content (AvgIpc) is 2.92. The van der Waals surface area contributed by atoms with Crippen molar-refractivity contribution in [1.82, 2.24) is 4.90 Å². The van der Waals surface area contributed by atoms with Crippen LogP contribution in [0.25, 0.3) is 0 Å². The van der Waals surface area contributed by atoms with Crippen molar-refractivity contribution in [2.45, 2.75) is 65.0 Å². The van der Waals surface area contributed by atoms with Gasteiger partial charge in [-0.2, -0.15) is 0 Å². The highest BCUT2D eigenvalue weighted by Gasteiger charge is 2.41. The molecule has 3 nitrogen and oxygen atoms in total. The highest BCUT2D eigenvalue weighted by atomic mass is 16.5. The lowest BCUT2D eigenvalue weighted by Gasteiger charge is -2.47. The molecule has 1 heterocycles.